The topological polar surface area (TPSA) is 51.0 Å². The van der Waals surface area contributed by atoms with Gasteiger partial charge < -0.3 is 9.84 Å². The summed E-state index contributed by atoms with van der Waals surface area (Å²) in [7, 11) is 1.94. The van der Waals surface area contributed by atoms with Gasteiger partial charge in [-0.25, -0.2) is 0 Å². The molecule has 0 radical (unpaired) electrons. The highest BCUT2D eigenvalue weighted by Gasteiger charge is 2.23. The lowest BCUT2D eigenvalue weighted by Crippen LogP contribution is -2.24. The minimum atomic E-state index is 0. The van der Waals surface area contributed by atoms with Gasteiger partial charge in [-0.05, 0) is 25.5 Å². The van der Waals surface area contributed by atoms with E-state index in [9.17, 15) is 0 Å². The van der Waals surface area contributed by atoms with Crippen LogP contribution in [-0.4, -0.2) is 23.2 Å². The van der Waals surface area contributed by atoms with Gasteiger partial charge in [0.2, 0.25) is 5.89 Å². The van der Waals surface area contributed by atoms with Gasteiger partial charge in [-0.1, -0.05) is 49.3 Å². The van der Waals surface area contributed by atoms with Gasteiger partial charge in [-0.15, -0.1) is 24.2 Å². The van der Waals surface area contributed by atoms with E-state index in [2.05, 4.69) is 60.5 Å². The van der Waals surface area contributed by atoms with Crippen molar-refractivity contribution in [3.05, 3.63) is 47.6 Å². The first-order valence-electron chi connectivity index (χ1n) is 7.75. The predicted octanol–water partition coefficient (Wildman–Crippen LogP) is 4.27. The van der Waals surface area contributed by atoms with Crippen molar-refractivity contribution in [1.82, 2.24) is 15.5 Å². The fraction of sp³-hybridized carbons (Fsp3) is 0.529. The third-order valence-corrected chi connectivity index (χ3v) is 5.19. The molecule has 0 aliphatic rings. The van der Waals surface area contributed by atoms with E-state index < -0.39 is 0 Å². The lowest BCUT2D eigenvalue weighted by atomic mass is 10.1. The number of likely N-dealkylation sites (N-methyl/N-ethyl adjacent to an activating group) is 1. The van der Waals surface area contributed by atoms with E-state index in [-0.39, 0.29) is 17.7 Å². The van der Waals surface area contributed by atoms with Crippen LogP contribution in [0.1, 0.15) is 43.3 Å². The molecule has 2 unspecified atom stereocenters. The number of aromatic nitrogens is 2. The molecule has 0 amide bonds. The zero-order valence-corrected chi connectivity index (χ0v) is 15.8. The Hall–Kier alpha value is -1.04. The molecule has 6 heteroatoms. The van der Waals surface area contributed by atoms with Crippen LogP contribution < -0.4 is 5.32 Å². The Morgan fingerprint density at radius 1 is 1.17 bits per heavy atom. The average molecular weight is 356 g/mol. The first-order valence-corrected chi connectivity index (χ1v) is 8.80. The highest BCUT2D eigenvalue weighted by Crippen LogP contribution is 2.36. The smallest absolute Gasteiger partial charge is 0.240 e. The van der Waals surface area contributed by atoms with Crippen LogP contribution >= 0.6 is 24.2 Å². The number of thioether (sulfide) groups is 1. The fourth-order valence-electron chi connectivity index (χ4n) is 2.15. The quantitative estimate of drug-likeness (QED) is 0.766. The molecular weight excluding hydrogens is 330 g/mol. The first-order chi connectivity index (χ1) is 10.6. The first kappa shape index (κ1) is 20.0. The van der Waals surface area contributed by atoms with Crippen LogP contribution in [0.25, 0.3) is 0 Å². The maximum atomic E-state index is 5.51. The van der Waals surface area contributed by atoms with Gasteiger partial charge in [0.15, 0.2) is 5.82 Å². The van der Waals surface area contributed by atoms with Crippen LogP contribution in [-0.2, 0) is 12.2 Å². The van der Waals surface area contributed by atoms with Crippen molar-refractivity contribution in [3.63, 3.8) is 0 Å². The standard InChI is InChI=1S/C17H25N3OS.ClH/c1-12(2)16(22-11-14-8-6-5-7-9-14)17-19-15(20-21-17)10-13(3)18-4;/h5-9,12-13,16,18H,10-11H2,1-4H3;1H. The molecule has 0 fully saturated rings. The van der Waals surface area contributed by atoms with Crippen molar-refractivity contribution in [2.45, 2.75) is 44.2 Å². The van der Waals surface area contributed by atoms with Gasteiger partial charge in [0, 0.05) is 18.2 Å². The number of rotatable bonds is 8. The summed E-state index contributed by atoms with van der Waals surface area (Å²) in [4.78, 5) is 4.59. The van der Waals surface area contributed by atoms with Crippen molar-refractivity contribution >= 4 is 24.2 Å². The summed E-state index contributed by atoms with van der Waals surface area (Å²) >= 11 is 1.86. The molecule has 1 N–H and O–H groups in total. The number of nitrogens with one attached hydrogen (secondary N) is 1. The molecule has 0 spiro atoms. The minimum absolute atomic E-state index is 0. The largest absolute Gasteiger partial charge is 0.338 e. The van der Waals surface area contributed by atoms with E-state index in [1.54, 1.807) is 0 Å². The number of nitrogens with zero attached hydrogens (tertiary/aromatic N) is 2. The Morgan fingerprint density at radius 2 is 1.87 bits per heavy atom. The van der Waals surface area contributed by atoms with E-state index in [4.69, 9.17) is 4.52 Å². The van der Waals surface area contributed by atoms with Crippen molar-refractivity contribution in [1.29, 1.82) is 0 Å². The summed E-state index contributed by atoms with van der Waals surface area (Å²) in [6.45, 7) is 6.51. The zero-order chi connectivity index (χ0) is 15.9. The van der Waals surface area contributed by atoms with Crippen molar-refractivity contribution < 1.29 is 4.52 Å². The summed E-state index contributed by atoms with van der Waals surface area (Å²) in [5.41, 5.74) is 1.32. The highest BCUT2D eigenvalue weighted by atomic mass is 35.5. The molecule has 0 bridgehead atoms. The maximum Gasteiger partial charge on any atom is 0.240 e. The molecule has 1 heterocycles. The molecule has 0 aliphatic carbocycles. The summed E-state index contributed by atoms with van der Waals surface area (Å²) in [6.07, 6.45) is 0.786. The maximum absolute atomic E-state index is 5.51. The van der Waals surface area contributed by atoms with Gasteiger partial charge in [-0.2, -0.15) is 4.98 Å². The van der Waals surface area contributed by atoms with Gasteiger partial charge in [-0.3, -0.25) is 0 Å². The molecular formula is C17H26ClN3OS. The third kappa shape index (κ3) is 6.16. The summed E-state index contributed by atoms with van der Waals surface area (Å²) in [5, 5.41) is 7.55. The SMILES string of the molecule is CNC(C)Cc1noc(C(SCc2ccccc2)C(C)C)n1.Cl. The Labute approximate surface area is 149 Å². The second kappa shape index (κ2) is 9.96. The van der Waals surface area contributed by atoms with Gasteiger partial charge >= 0.3 is 0 Å². The molecule has 2 rings (SSSR count). The Kier molecular flexibility index (Phi) is 8.66. The van der Waals surface area contributed by atoms with Gasteiger partial charge in [0.05, 0.1) is 5.25 Å². The molecule has 0 aliphatic heterocycles. The van der Waals surface area contributed by atoms with Crippen LogP contribution in [0.4, 0.5) is 0 Å². The normalized spacial score (nSPS) is 13.6. The molecule has 23 heavy (non-hydrogen) atoms. The van der Waals surface area contributed by atoms with E-state index >= 15 is 0 Å². The number of benzene rings is 1. The highest BCUT2D eigenvalue weighted by molar-refractivity contribution is 7.98. The predicted molar refractivity (Wildman–Crippen MR) is 99.1 cm³/mol. The van der Waals surface area contributed by atoms with E-state index in [1.807, 2.05) is 24.9 Å². The van der Waals surface area contributed by atoms with Crippen LogP contribution in [0.3, 0.4) is 0 Å². The molecule has 4 nitrogen and oxygen atoms in total. The molecule has 2 atom stereocenters. The molecule has 1 aromatic carbocycles. The fourth-order valence-corrected chi connectivity index (χ4v) is 3.34. The molecule has 2 aromatic rings. The lowest BCUT2D eigenvalue weighted by Gasteiger charge is -2.16. The van der Waals surface area contributed by atoms with E-state index in [1.165, 1.54) is 5.56 Å². The number of halogens is 1. The summed E-state index contributed by atoms with van der Waals surface area (Å²) in [5.74, 6) is 2.93. The zero-order valence-electron chi connectivity index (χ0n) is 14.2. The third-order valence-electron chi connectivity index (χ3n) is 3.59. The molecule has 0 saturated carbocycles. The van der Waals surface area contributed by atoms with Gasteiger partial charge in [0.25, 0.3) is 0 Å². The van der Waals surface area contributed by atoms with Gasteiger partial charge in [0.1, 0.15) is 0 Å². The van der Waals surface area contributed by atoms with Crippen molar-refractivity contribution in [2.75, 3.05) is 7.05 Å². The van der Waals surface area contributed by atoms with Crippen molar-refractivity contribution in [3.8, 4) is 0 Å². The van der Waals surface area contributed by atoms with Crippen molar-refractivity contribution in [2.24, 2.45) is 5.92 Å². The Morgan fingerprint density at radius 3 is 2.48 bits per heavy atom. The van der Waals surface area contributed by atoms with Crippen LogP contribution in [0, 0.1) is 5.92 Å². The monoisotopic (exact) mass is 355 g/mol. The minimum Gasteiger partial charge on any atom is -0.338 e. The van der Waals surface area contributed by atoms with Crippen LogP contribution in [0.15, 0.2) is 34.9 Å². The van der Waals surface area contributed by atoms with Crippen LogP contribution in [0.5, 0.6) is 0 Å². The second-order valence-corrected chi connectivity index (χ2v) is 7.03. The average Bonchev–Trinajstić information content (AvgIpc) is 2.96. The van der Waals surface area contributed by atoms with E-state index in [0.717, 1.165) is 23.9 Å². The Balaban J connectivity index is 0.00000264. The van der Waals surface area contributed by atoms with Crippen LogP contribution in [0.2, 0.25) is 0 Å². The number of hydrogen-bond donors (Lipinski definition) is 1. The summed E-state index contributed by atoms with van der Waals surface area (Å²) in [6, 6.07) is 10.8. The molecule has 1 aromatic heterocycles. The van der Waals surface area contributed by atoms with E-state index in [0.29, 0.717) is 12.0 Å². The Bertz CT molecular complexity index is 562. The number of hydrogen-bond acceptors (Lipinski definition) is 5. The second-order valence-electron chi connectivity index (χ2n) is 5.90. The summed E-state index contributed by atoms with van der Waals surface area (Å²) < 4.78 is 5.51. The molecule has 128 valence electrons. The lowest BCUT2D eigenvalue weighted by molar-refractivity contribution is 0.354. The molecule has 0 saturated heterocycles.